The zero-order valence-electron chi connectivity index (χ0n) is 23.8. The fraction of sp³-hybridized carbons (Fsp3) is 0.833. The summed E-state index contributed by atoms with van der Waals surface area (Å²) in [6.45, 7) is 0.791. The number of hydrogen-bond acceptors (Lipinski definition) is 15. The van der Waals surface area contributed by atoms with E-state index in [-0.39, 0.29) is 19.0 Å². The fourth-order valence-corrected chi connectivity index (χ4v) is 4.63. The third-order valence-electron chi connectivity index (χ3n) is 6.08. The summed E-state index contributed by atoms with van der Waals surface area (Å²) in [4.78, 5) is 49.2. The summed E-state index contributed by atoms with van der Waals surface area (Å²) in [6, 6.07) is -2.55. The molecule has 0 bridgehead atoms. The molecule has 42 heavy (non-hydrogen) atoms. The van der Waals surface area contributed by atoms with Crippen molar-refractivity contribution >= 4 is 35.6 Å². The van der Waals surface area contributed by atoms with Crippen molar-refractivity contribution < 1.29 is 68.4 Å². The van der Waals surface area contributed by atoms with Crippen LogP contribution >= 0.6 is 11.8 Å². The SMILES string of the molecule is COCCOCCSC[C@H](NC(=O)OCCOC)C(=O)NCC(=O)NC1C(O)CC(C)(C(=O)[O-])OC1[C@H](O)[C@H](O)CO. The third kappa shape index (κ3) is 12.9. The third-order valence-corrected chi connectivity index (χ3v) is 7.11. The highest BCUT2D eigenvalue weighted by Gasteiger charge is 2.49. The van der Waals surface area contributed by atoms with Gasteiger partial charge in [0.2, 0.25) is 11.8 Å². The lowest BCUT2D eigenvalue weighted by Gasteiger charge is -2.48. The minimum atomic E-state index is -2.07. The van der Waals surface area contributed by atoms with Gasteiger partial charge in [-0.15, -0.1) is 0 Å². The van der Waals surface area contributed by atoms with Gasteiger partial charge in [-0.2, -0.15) is 11.8 Å². The molecule has 4 unspecified atom stereocenters. The van der Waals surface area contributed by atoms with E-state index in [1.165, 1.54) is 18.9 Å². The van der Waals surface area contributed by atoms with Crippen molar-refractivity contribution in [3.8, 4) is 0 Å². The zero-order valence-corrected chi connectivity index (χ0v) is 24.6. The molecule has 1 rings (SSSR count). The maximum absolute atomic E-state index is 12.8. The highest BCUT2D eigenvalue weighted by atomic mass is 32.2. The summed E-state index contributed by atoms with van der Waals surface area (Å²) in [5.74, 6) is -2.72. The van der Waals surface area contributed by atoms with Crippen molar-refractivity contribution in [2.24, 2.45) is 0 Å². The number of ether oxygens (including phenoxy) is 5. The molecule has 0 saturated carbocycles. The molecule has 7 N–H and O–H groups in total. The van der Waals surface area contributed by atoms with Crippen molar-refractivity contribution in [1.82, 2.24) is 16.0 Å². The van der Waals surface area contributed by atoms with Crippen LogP contribution in [0.25, 0.3) is 0 Å². The van der Waals surface area contributed by atoms with Crippen LogP contribution in [0.3, 0.4) is 0 Å². The van der Waals surface area contributed by atoms with Crippen molar-refractivity contribution in [1.29, 1.82) is 0 Å². The number of nitrogens with one attached hydrogen (secondary N) is 3. The zero-order chi connectivity index (χ0) is 31.7. The molecule has 0 radical (unpaired) electrons. The van der Waals surface area contributed by atoms with Crippen LogP contribution in [0.2, 0.25) is 0 Å². The molecule has 1 heterocycles. The number of carbonyl (C=O) groups excluding carboxylic acids is 4. The van der Waals surface area contributed by atoms with Crippen LogP contribution in [0.5, 0.6) is 0 Å². The van der Waals surface area contributed by atoms with Gasteiger partial charge in [-0.25, -0.2) is 4.79 Å². The Morgan fingerprint density at radius 3 is 2.38 bits per heavy atom. The lowest BCUT2D eigenvalue weighted by molar-refractivity contribution is -0.338. The maximum atomic E-state index is 12.8. The van der Waals surface area contributed by atoms with Gasteiger partial charge in [0.1, 0.15) is 36.6 Å². The first kappa shape index (κ1) is 37.7. The smallest absolute Gasteiger partial charge is 0.407 e. The Labute approximate surface area is 247 Å². The average molecular weight is 629 g/mol. The molecular weight excluding hydrogens is 586 g/mol. The molecule has 0 spiro atoms. The molecule has 1 aliphatic rings. The molecule has 0 aromatic carbocycles. The minimum absolute atomic E-state index is 0.0552. The predicted octanol–water partition coefficient (Wildman–Crippen LogP) is -4.90. The van der Waals surface area contributed by atoms with E-state index in [0.29, 0.717) is 25.6 Å². The number of thioether (sulfide) groups is 1. The summed E-state index contributed by atoms with van der Waals surface area (Å²) in [5.41, 5.74) is -2.07. The van der Waals surface area contributed by atoms with Gasteiger partial charge in [0, 0.05) is 32.1 Å². The molecule has 17 nitrogen and oxygen atoms in total. The van der Waals surface area contributed by atoms with E-state index in [9.17, 15) is 44.7 Å². The molecule has 1 aliphatic heterocycles. The van der Waals surface area contributed by atoms with Crippen LogP contribution in [-0.4, -0.2) is 158 Å². The fourth-order valence-electron chi connectivity index (χ4n) is 3.76. The number of carbonyl (C=O) groups is 4. The molecule has 0 aromatic rings. The number of amides is 3. The van der Waals surface area contributed by atoms with Crippen molar-refractivity contribution in [3.05, 3.63) is 0 Å². The van der Waals surface area contributed by atoms with E-state index >= 15 is 0 Å². The van der Waals surface area contributed by atoms with Crippen LogP contribution in [0, 0.1) is 0 Å². The van der Waals surface area contributed by atoms with E-state index in [1.807, 2.05) is 0 Å². The lowest BCUT2D eigenvalue weighted by atomic mass is 9.84. The summed E-state index contributed by atoms with van der Waals surface area (Å²) in [7, 11) is 2.96. The van der Waals surface area contributed by atoms with Crippen molar-refractivity contribution in [3.63, 3.8) is 0 Å². The van der Waals surface area contributed by atoms with Gasteiger partial charge < -0.3 is 70.0 Å². The van der Waals surface area contributed by atoms with Gasteiger partial charge in [0.25, 0.3) is 0 Å². The molecular formula is C24H42N3O14S-. The lowest BCUT2D eigenvalue weighted by Crippen LogP contribution is -2.68. The van der Waals surface area contributed by atoms with Gasteiger partial charge >= 0.3 is 6.09 Å². The number of carboxylic acid groups (broad SMARTS) is 1. The first-order valence-corrected chi connectivity index (χ1v) is 14.2. The Kier molecular flexibility index (Phi) is 17.8. The van der Waals surface area contributed by atoms with E-state index in [0.717, 1.165) is 6.92 Å². The number of hydrogen-bond donors (Lipinski definition) is 7. The molecule has 1 fully saturated rings. The Morgan fingerprint density at radius 1 is 1.10 bits per heavy atom. The largest absolute Gasteiger partial charge is 0.547 e. The number of aliphatic hydroxyl groups is 4. The van der Waals surface area contributed by atoms with Gasteiger partial charge in [-0.05, 0) is 6.92 Å². The van der Waals surface area contributed by atoms with Crippen LogP contribution in [0.1, 0.15) is 13.3 Å². The van der Waals surface area contributed by atoms with Crippen LogP contribution in [0.15, 0.2) is 0 Å². The molecule has 18 heteroatoms. The van der Waals surface area contributed by atoms with E-state index in [1.54, 1.807) is 7.11 Å². The first-order chi connectivity index (χ1) is 19.9. The Morgan fingerprint density at radius 2 is 1.76 bits per heavy atom. The number of aliphatic carboxylic acids is 1. The monoisotopic (exact) mass is 628 g/mol. The predicted molar refractivity (Wildman–Crippen MR) is 143 cm³/mol. The quantitative estimate of drug-likeness (QED) is 0.0624. The summed E-state index contributed by atoms with van der Waals surface area (Å²) in [5, 5.41) is 58.8. The molecule has 7 atom stereocenters. The Bertz CT molecular complexity index is 855. The number of rotatable bonds is 20. The van der Waals surface area contributed by atoms with E-state index in [2.05, 4.69) is 16.0 Å². The van der Waals surface area contributed by atoms with Gasteiger partial charge in [-0.1, -0.05) is 0 Å². The normalized spacial score (nSPS) is 24.2. The molecule has 244 valence electrons. The molecule has 0 aromatic heterocycles. The van der Waals surface area contributed by atoms with Gasteiger partial charge in [-0.3, -0.25) is 9.59 Å². The summed E-state index contributed by atoms with van der Waals surface area (Å²) >= 11 is 1.29. The first-order valence-electron chi connectivity index (χ1n) is 13.1. The Hall–Kier alpha value is -2.29. The number of aliphatic hydroxyl groups excluding tert-OH is 4. The van der Waals surface area contributed by atoms with Gasteiger partial charge in [0.15, 0.2) is 0 Å². The second-order valence-corrected chi connectivity index (χ2v) is 10.6. The molecule has 3 amide bonds. The van der Waals surface area contributed by atoms with Crippen molar-refractivity contribution in [2.45, 2.75) is 55.4 Å². The molecule has 1 saturated heterocycles. The van der Waals surface area contributed by atoms with Crippen LogP contribution in [-0.2, 0) is 38.1 Å². The summed E-state index contributed by atoms with van der Waals surface area (Å²) in [6.07, 6.45) is -8.36. The topological polar surface area (TPSA) is 254 Å². The minimum Gasteiger partial charge on any atom is -0.547 e. The van der Waals surface area contributed by atoms with E-state index in [4.69, 9.17) is 23.7 Å². The highest BCUT2D eigenvalue weighted by Crippen LogP contribution is 2.31. The highest BCUT2D eigenvalue weighted by molar-refractivity contribution is 7.99. The average Bonchev–Trinajstić information content (AvgIpc) is 2.95. The van der Waals surface area contributed by atoms with Crippen molar-refractivity contribution in [2.75, 3.05) is 71.9 Å². The maximum Gasteiger partial charge on any atom is 0.407 e. The number of carboxylic acids is 1. The Balaban J connectivity index is 2.82. The van der Waals surface area contributed by atoms with Crippen LogP contribution < -0.4 is 21.1 Å². The summed E-state index contributed by atoms with van der Waals surface area (Å²) < 4.78 is 25.4. The number of alkyl carbamates (subject to hydrolysis) is 1. The second kappa shape index (κ2) is 19.8. The number of methoxy groups -OCH3 is 2. The van der Waals surface area contributed by atoms with Crippen LogP contribution in [0.4, 0.5) is 4.79 Å². The second-order valence-electron chi connectivity index (χ2n) is 9.43. The van der Waals surface area contributed by atoms with E-state index < -0.39 is 85.5 Å². The standard InChI is InChI=1S/C24H43N3O14S/c1-24(22(34)35)10-15(29)18(20(41-24)19(32)16(30)12-28)27-17(31)11-25-21(33)14(26-23(36)40-7-5-38-3)13-42-9-8-39-6-4-37-2/h14-16,18-20,28-30,32H,4-13H2,1-3H3,(H,25,33)(H,26,36)(H,27,31)(H,34,35)/p-1/t14-,15?,16+,18?,19+,20?,24?/m0/s1. The molecule has 0 aliphatic carbocycles. The van der Waals surface area contributed by atoms with Gasteiger partial charge in [0.05, 0.1) is 57.7 Å².